The van der Waals surface area contributed by atoms with Crippen LogP contribution in [0.5, 0.6) is 0 Å². The third-order valence-electron chi connectivity index (χ3n) is 2.87. The summed E-state index contributed by atoms with van der Waals surface area (Å²) in [4.78, 5) is 0. The van der Waals surface area contributed by atoms with E-state index in [9.17, 15) is 0 Å². The Labute approximate surface area is 98.2 Å². The highest BCUT2D eigenvalue weighted by molar-refractivity contribution is 5.20. The number of rotatable bonds is 6. The minimum Gasteiger partial charge on any atom is -0.464 e. The maximum atomic E-state index is 5.72. The summed E-state index contributed by atoms with van der Waals surface area (Å²) >= 11 is 0. The minimum atomic E-state index is 0.262. The zero-order chi connectivity index (χ0) is 12.1. The van der Waals surface area contributed by atoms with Crippen molar-refractivity contribution < 1.29 is 9.15 Å². The van der Waals surface area contributed by atoms with Crippen molar-refractivity contribution in [1.29, 1.82) is 0 Å². The number of aryl methyl sites for hydroxylation is 1. The highest BCUT2D eigenvalue weighted by atomic mass is 16.5. The van der Waals surface area contributed by atoms with E-state index in [4.69, 9.17) is 9.15 Å². The lowest BCUT2D eigenvalue weighted by Crippen LogP contribution is -2.14. The molecule has 1 N–H and O–H groups in total. The van der Waals surface area contributed by atoms with Crippen LogP contribution in [0.4, 0.5) is 0 Å². The Hall–Kier alpha value is -0.800. The van der Waals surface area contributed by atoms with Gasteiger partial charge in [-0.1, -0.05) is 13.8 Å². The van der Waals surface area contributed by atoms with Crippen molar-refractivity contribution in [3.63, 3.8) is 0 Å². The van der Waals surface area contributed by atoms with E-state index in [1.54, 1.807) is 0 Å². The van der Waals surface area contributed by atoms with Crippen molar-refractivity contribution in [2.75, 3.05) is 7.05 Å². The van der Waals surface area contributed by atoms with Crippen LogP contribution < -0.4 is 5.32 Å². The Morgan fingerprint density at radius 2 is 2.06 bits per heavy atom. The third-order valence-corrected chi connectivity index (χ3v) is 2.87. The molecule has 1 aromatic heterocycles. The molecule has 0 aromatic carbocycles. The molecule has 92 valence electrons. The summed E-state index contributed by atoms with van der Waals surface area (Å²) in [6, 6.07) is 2.07. The topological polar surface area (TPSA) is 34.4 Å². The van der Waals surface area contributed by atoms with Gasteiger partial charge in [0.25, 0.3) is 0 Å². The Balaban J connectivity index is 2.51. The van der Waals surface area contributed by atoms with E-state index in [0.717, 1.165) is 18.1 Å². The Morgan fingerprint density at radius 1 is 1.38 bits per heavy atom. The number of furan rings is 1. The second kappa shape index (κ2) is 6.06. The fourth-order valence-electron chi connectivity index (χ4n) is 1.43. The van der Waals surface area contributed by atoms with Crippen molar-refractivity contribution in [3.8, 4) is 0 Å². The summed E-state index contributed by atoms with van der Waals surface area (Å²) < 4.78 is 11.4. The van der Waals surface area contributed by atoms with Gasteiger partial charge >= 0.3 is 0 Å². The van der Waals surface area contributed by atoms with Crippen LogP contribution in [0.3, 0.4) is 0 Å². The van der Waals surface area contributed by atoms with E-state index in [1.807, 2.05) is 14.0 Å². The fraction of sp³-hybridized carbons (Fsp3) is 0.692. The van der Waals surface area contributed by atoms with Crippen molar-refractivity contribution >= 4 is 0 Å². The number of ether oxygens (including phenoxy) is 1. The first-order valence-corrected chi connectivity index (χ1v) is 5.89. The van der Waals surface area contributed by atoms with Crippen LogP contribution >= 0.6 is 0 Å². The predicted octanol–water partition coefficient (Wildman–Crippen LogP) is 2.87. The van der Waals surface area contributed by atoms with Gasteiger partial charge in [0.2, 0.25) is 0 Å². The molecule has 0 saturated heterocycles. The molecule has 1 heterocycles. The molecule has 0 aliphatic carbocycles. The summed E-state index contributed by atoms with van der Waals surface area (Å²) in [5, 5.41) is 3.12. The SMILES string of the molecule is CNCc1cc(COC(C)C(C)C)oc1C. The van der Waals surface area contributed by atoms with Gasteiger partial charge in [0, 0.05) is 12.1 Å². The first-order valence-electron chi connectivity index (χ1n) is 5.89. The summed E-state index contributed by atoms with van der Waals surface area (Å²) in [7, 11) is 1.93. The van der Waals surface area contributed by atoms with E-state index in [2.05, 4.69) is 32.2 Å². The fourth-order valence-corrected chi connectivity index (χ4v) is 1.43. The van der Waals surface area contributed by atoms with Gasteiger partial charge in [0.1, 0.15) is 18.1 Å². The molecule has 3 nitrogen and oxygen atoms in total. The second-order valence-corrected chi connectivity index (χ2v) is 4.58. The summed E-state index contributed by atoms with van der Waals surface area (Å²) in [6.07, 6.45) is 0.262. The minimum absolute atomic E-state index is 0.262. The maximum Gasteiger partial charge on any atom is 0.130 e. The van der Waals surface area contributed by atoms with Crippen LogP contribution in [0.1, 0.15) is 37.9 Å². The average molecular weight is 225 g/mol. The van der Waals surface area contributed by atoms with Gasteiger partial charge in [-0.2, -0.15) is 0 Å². The van der Waals surface area contributed by atoms with Crippen LogP contribution in [0.25, 0.3) is 0 Å². The Morgan fingerprint density at radius 3 is 2.62 bits per heavy atom. The standard InChI is InChI=1S/C13H23NO2/c1-9(2)10(3)15-8-13-6-12(7-14-5)11(4)16-13/h6,9-10,14H,7-8H2,1-5H3. The van der Waals surface area contributed by atoms with Crippen LogP contribution in [0.15, 0.2) is 10.5 Å². The Kier molecular flexibility index (Phi) is 5.03. The van der Waals surface area contributed by atoms with Gasteiger partial charge < -0.3 is 14.5 Å². The highest BCUT2D eigenvalue weighted by Crippen LogP contribution is 2.17. The molecule has 0 aliphatic rings. The van der Waals surface area contributed by atoms with Crippen LogP contribution in [0.2, 0.25) is 0 Å². The average Bonchev–Trinajstić information content (AvgIpc) is 2.57. The normalized spacial score (nSPS) is 13.4. The lowest BCUT2D eigenvalue weighted by atomic mass is 10.1. The second-order valence-electron chi connectivity index (χ2n) is 4.58. The molecule has 3 heteroatoms. The lowest BCUT2D eigenvalue weighted by Gasteiger charge is -2.15. The molecule has 1 unspecified atom stereocenters. The van der Waals surface area contributed by atoms with E-state index in [-0.39, 0.29) is 6.10 Å². The third kappa shape index (κ3) is 3.65. The van der Waals surface area contributed by atoms with E-state index < -0.39 is 0 Å². The molecule has 0 aliphatic heterocycles. The van der Waals surface area contributed by atoms with Gasteiger partial charge in [-0.05, 0) is 32.9 Å². The molecule has 1 aromatic rings. The molecule has 0 spiro atoms. The van der Waals surface area contributed by atoms with Crippen molar-refractivity contribution in [1.82, 2.24) is 5.32 Å². The molecule has 0 bridgehead atoms. The molecule has 16 heavy (non-hydrogen) atoms. The zero-order valence-corrected chi connectivity index (χ0v) is 11.0. The van der Waals surface area contributed by atoms with Crippen molar-refractivity contribution in [3.05, 3.63) is 23.2 Å². The molecule has 0 fully saturated rings. The van der Waals surface area contributed by atoms with E-state index in [1.165, 1.54) is 5.56 Å². The predicted molar refractivity (Wildman–Crippen MR) is 65.3 cm³/mol. The summed E-state index contributed by atoms with van der Waals surface area (Å²) in [6.45, 7) is 9.80. The van der Waals surface area contributed by atoms with Gasteiger partial charge in [-0.15, -0.1) is 0 Å². The van der Waals surface area contributed by atoms with Crippen molar-refractivity contribution in [2.45, 2.75) is 47.0 Å². The van der Waals surface area contributed by atoms with Gasteiger partial charge in [-0.3, -0.25) is 0 Å². The number of nitrogens with one attached hydrogen (secondary N) is 1. The number of hydrogen-bond acceptors (Lipinski definition) is 3. The van der Waals surface area contributed by atoms with E-state index >= 15 is 0 Å². The van der Waals surface area contributed by atoms with Gasteiger partial charge in [0.05, 0.1) is 6.10 Å². The first kappa shape index (κ1) is 13.3. The molecule has 0 saturated carbocycles. The summed E-state index contributed by atoms with van der Waals surface area (Å²) in [5.74, 6) is 2.42. The molecule has 1 rings (SSSR count). The van der Waals surface area contributed by atoms with Gasteiger partial charge in [-0.25, -0.2) is 0 Å². The smallest absolute Gasteiger partial charge is 0.130 e. The largest absolute Gasteiger partial charge is 0.464 e. The monoisotopic (exact) mass is 225 g/mol. The van der Waals surface area contributed by atoms with Crippen LogP contribution in [-0.2, 0) is 17.9 Å². The molecule has 0 radical (unpaired) electrons. The lowest BCUT2D eigenvalue weighted by molar-refractivity contribution is 0.0146. The molecular formula is C13H23NO2. The zero-order valence-electron chi connectivity index (χ0n) is 11.0. The van der Waals surface area contributed by atoms with E-state index in [0.29, 0.717) is 12.5 Å². The maximum absolute atomic E-state index is 5.72. The quantitative estimate of drug-likeness (QED) is 0.808. The molecular weight excluding hydrogens is 202 g/mol. The Bertz CT molecular complexity index is 318. The molecule has 1 atom stereocenters. The van der Waals surface area contributed by atoms with Crippen LogP contribution in [-0.4, -0.2) is 13.2 Å². The first-order chi connectivity index (χ1) is 7.54. The van der Waals surface area contributed by atoms with Gasteiger partial charge in [0.15, 0.2) is 0 Å². The van der Waals surface area contributed by atoms with Crippen LogP contribution in [0, 0.1) is 12.8 Å². The highest BCUT2D eigenvalue weighted by Gasteiger charge is 2.10. The molecule has 0 amide bonds. The summed E-state index contributed by atoms with van der Waals surface area (Å²) in [5.41, 5.74) is 1.21. The number of hydrogen-bond donors (Lipinski definition) is 1. The van der Waals surface area contributed by atoms with Crippen molar-refractivity contribution in [2.24, 2.45) is 5.92 Å².